The summed E-state index contributed by atoms with van der Waals surface area (Å²) in [5.41, 5.74) is 2.16. The molecule has 1 aromatic carbocycles. The average molecular weight is 336 g/mol. The molecule has 1 aromatic rings. The van der Waals surface area contributed by atoms with Gasteiger partial charge in [-0.3, -0.25) is 0 Å². The van der Waals surface area contributed by atoms with Crippen molar-refractivity contribution in [2.24, 2.45) is 0 Å². The smallest absolute Gasteiger partial charge is 0.410 e. The summed E-state index contributed by atoms with van der Waals surface area (Å²) in [5.74, 6) is 0. The zero-order valence-corrected chi connectivity index (χ0v) is 13.8. The van der Waals surface area contributed by atoms with Gasteiger partial charge >= 0.3 is 6.09 Å². The van der Waals surface area contributed by atoms with Crippen LogP contribution < -0.4 is 4.72 Å². The maximum Gasteiger partial charge on any atom is 0.410 e. The van der Waals surface area contributed by atoms with E-state index in [4.69, 9.17) is 4.74 Å². The number of ether oxygens (including phenoxy) is 1. The van der Waals surface area contributed by atoms with Crippen LogP contribution in [0.4, 0.5) is 4.79 Å². The van der Waals surface area contributed by atoms with Crippen LogP contribution in [0.1, 0.15) is 17.5 Å². The van der Waals surface area contributed by atoms with Gasteiger partial charge in [-0.1, -0.05) is 30.3 Å². The predicted octanol–water partition coefficient (Wildman–Crippen LogP) is 1.38. The highest BCUT2D eigenvalue weighted by Crippen LogP contribution is 2.26. The zero-order chi connectivity index (χ0) is 16.4. The van der Waals surface area contributed by atoms with Crippen molar-refractivity contribution >= 4 is 22.2 Å². The van der Waals surface area contributed by atoms with E-state index in [-0.39, 0.29) is 18.7 Å². The van der Waals surface area contributed by atoms with Crippen LogP contribution in [0.3, 0.4) is 0 Å². The number of cyclic esters (lactones) is 1. The van der Waals surface area contributed by atoms with Crippen molar-refractivity contribution in [2.45, 2.75) is 24.9 Å². The summed E-state index contributed by atoms with van der Waals surface area (Å²) >= 11 is 0. The Labute approximate surface area is 136 Å². The van der Waals surface area contributed by atoms with Gasteiger partial charge in [0.2, 0.25) is 10.0 Å². The van der Waals surface area contributed by atoms with E-state index in [2.05, 4.69) is 4.72 Å². The van der Waals surface area contributed by atoms with E-state index < -0.39 is 16.1 Å². The fourth-order valence-corrected chi connectivity index (χ4v) is 4.06. The molecule has 1 N–H and O–H groups in total. The van der Waals surface area contributed by atoms with Gasteiger partial charge in [-0.2, -0.15) is 0 Å². The molecule has 6 nitrogen and oxygen atoms in total. The predicted molar refractivity (Wildman–Crippen MR) is 87.4 cm³/mol. The lowest BCUT2D eigenvalue weighted by molar-refractivity contribution is 0.106. The van der Waals surface area contributed by atoms with Gasteiger partial charge in [-0.15, -0.1) is 0 Å². The first-order chi connectivity index (χ1) is 10.9. The van der Waals surface area contributed by atoms with Crippen molar-refractivity contribution < 1.29 is 17.9 Å². The molecule has 1 saturated heterocycles. The number of rotatable bonds is 2. The van der Waals surface area contributed by atoms with Crippen molar-refractivity contribution in [1.29, 1.82) is 0 Å². The Morgan fingerprint density at radius 2 is 2.09 bits per heavy atom. The number of benzene rings is 1. The van der Waals surface area contributed by atoms with Gasteiger partial charge in [0, 0.05) is 12.6 Å². The number of sulfonamides is 1. The average Bonchev–Trinajstić information content (AvgIpc) is 2.86. The molecule has 3 rings (SSSR count). The summed E-state index contributed by atoms with van der Waals surface area (Å²) in [7, 11) is -3.33. The number of amides is 1. The molecule has 7 heteroatoms. The van der Waals surface area contributed by atoms with Gasteiger partial charge in [0.15, 0.2) is 0 Å². The molecule has 23 heavy (non-hydrogen) atoms. The minimum Gasteiger partial charge on any atom is -0.445 e. The largest absolute Gasteiger partial charge is 0.445 e. The highest BCUT2D eigenvalue weighted by atomic mass is 32.2. The van der Waals surface area contributed by atoms with Gasteiger partial charge in [0.1, 0.15) is 6.61 Å². The van der Waals surface area contributed by atoms with Crippen LogP contribution in [0.25, 0.3) is 6.08 Å². The number of hydrogen-bond donors (Lipinski definition) is 1. The van der Waals surface area contributed by atoms with E-state index in [1.165, 1.54) is 0 Å². The van der Waals surface area contributed by atoms with Crippen molar-refractivity contribution in [1.82, 2.24) is 9.62 Å². The monoisotopic (exact) mass is 336 g/mol. The zero-order valence-electron chi connectivity index (χ0n) is 12.9. The highest BCUT2D eigenvalue weighted by molar-refractivity contribution is 7.88. The summed E-state index contributed by atoms with van der Waals surface area (Å²) in [5, 5.41) is 0. The number of carbonyl (C=O) groups is 1. The maximum absolute atomic E-state index is 12.2. The third-order valence-corrected chi connectivity index (χ3v) is 4.96. The van der Waals surface area contributed by atoms with Crippen LogP contribution in [0.5, 0.6) is 0 Å². The van der Waals surface area contributed by atoms with Gasteiger partial charge in [0.25, 0.3) is 0 Å². The van der Waals surface area contributed by atoms with E-state index in [0.29, 0.717) is 19.4 Å². The Hall–Kier alpha value is -1.86. The second-order valence-corrected chi connectivity index (χ2v) is 7.71. The minimum atomic E-state index is -3.33. The van der Waals surface area contributed by atoms with Gasteiger partial charge < -0.3 is 9.64 Å². The highest BCUT2D eigenvalue weighted by Gasteiger charge is 2.39. The number of nitrogens with one attached hydrogen (secondary N) is 1. The van der Waals surface area contributed by atoms with Crippen LogP contribution >= 0.6 is 0 Å². The van der Waals surface area contributed by atoms with Gasteiger partial charge in [-0.25, -0.2) is 17.9 Å². The molecule has 1 amide bonds. The molecular weight excluding hydrogens is 316 g/mol. The Bertz CT molecular complexity index is 729. The molecule has 0 aliphatic carbocycles. The topological polar surface area (TPSA) is 75.7 Å². The molecule has 0 radical (unpaired) electrons. The second-order valence-electron chi connectivity index (χ2n) is 5.93. The van der Waals surface area contributed by atoms with Crippen molar-refractivity contribution in [3.8, 4) is 0 Å². The summed E-state index contributed by atoms with van der Waals surface area (Å²) in [6, 6.07) is 7.39. The van der Waals surface area contributed by atoms with E-state index >= 15 is 0 Å². The third kappa shape index (κ3) is 3.73. The van der Waals surface area contributed by atoms with Crippen molar-refractivity contribution in [3.63, 3.8) is 0 Å². The summed E-state index contributed by atoms with van der Waals surface area (Å²) in [4.78, 5) is 13.9. The lowest BCUT2D eigenvalue weighted by atomic mass is 9.96. The summed E-state index contributed by atoms with van der Waals surface area (Å²) < 4.78 is 31.1. The first-order valence-corrected chi connectivity index (χ1v) is 9.48. The Morgan fingerprint density at radius 1 is 1.30 bits per heavy atom. The Balaban J connectivity index is 1.95. The molecule has 1 fully saturated rings. The normalized spacial score (nSPS) is 26.1. The van der Waals surface area contributed by atoms with Crippen LogP contribution in [0, 0.1) is 0 Å². The summed E-state index contributed by atoms with van der Waals surface area (Å²) in [6.07, 6.45) is 5.68. The van der Waals surface area contributed by atoms with Gasteiger partial charge in [0.05, 0.1) is 12.3 Å². The number of carbonyl (C=O) groups excluding carboxylic acids is 1. The third-order valence-electron chi connectivity index (χ3n) is 4.23. The molecular formula is C16H20N2O4S. The van der Waals surface area contributed by atoms with E-state index in [9.17, 15) is 13.2 Å². The Morgan fingerprint density at radius 3 is 2.87 bits per heavy atom. The number of nitrogens with zero attached hydrogens (tertiary/aromatic N) is 1. The molecule has 0 unspecified atom stereocenters. The minimum absolute atomic E-state index is 0.209. The second kappa shape index (κ2) is 6.33. The fourth-order valence-electron chi connectivity index (χ4n) is 3.23. The molecule has 0 bridgehead atoms. The van der Waals surface area contributed by atoms with E-state index in [0.717, 1.165) is 17.4 Å². The lowest BCUT2D eigenvalue weighted by Crippen LogP contribution is -2.48. The van der Waals surface area contributed by atoms with Crippen LogP contribution in [0.15, 0.2) is 30.3 Å². The lowest BCUT2D eigenvalue weighted by Gasteiger charge is -2.28. The SMILES string of the molecule is CS(=O)(=O)N[C@H]1CCN2C(=O)OC/C=C\c3ccccc3C[C@@H]12. The molecule has 0 saturated carbocycles. The van der Waals surface area contributed by atoms with E-state index in [1.807, 2.05) is 36.4 Å². The summed E-state index contributed by atoms with van der Waals surface area (Å²) in [6.45, 7) is 0.698. The molecule has 2 atom stereocenters. The molecule has 2 aliphatic rings. The molecule has 0 spiro atoms. The van der Waals surface area contributed by atoms with Crippen LogP contribution in [0.2, 0.25) is 0 Å². The molecule has 124 valence electrons. The van der Waals surface area contributed by atoms with Crippen molar-refractivity contribution in [2.75, 3.05) is 19.4 Å². The molecule has 2 aliphatic heterocycles. The van der Waals surface area contributed by atoms with Crippen LogP contribution in [-0.4, -0.2) is 50.9 Å². The first kappa shape index (κ1) is 16.0. The van der Waals surface area contributed by atoms with Crippen molar-refractivity contribution in [3.05, 3.63) is 41.5 Å². The number of hydrogen-bond acceptors (Lipinski definition) is 4. The molecule has 2 heterocycles. The Kier molecular flexibility index (Phi) is 4.41. The molecule has 0 aromatic heterocycles. The standard InChI is InChI=1S/C16H20N2O4S/c1-23(20,21)17-14-8-9-18-15(14)11-13-6-3-2-5-12(13)7-4-10-22-16(18)19/h2-7,14-15,17H,8-11H2,1H3/b7-4-/t14-,15-/m0/s1. The van der Waals surface area contributed by atoms with Gasteiger partial charge in [-0.05, 0) is 30.0 Å². The van der Waals surface area contributed by atoms with Crippen LogP contribution in [-0.2, 0) is 21.2 Å². The first-order valence-electron chi connectivity index (χ1n) is 7.59. The fraction of sp³-hybridized carbons (Fsp3) is 0.438. The maximum atomic E-state index is 12.2. The quantitative estimate of drug-likeness (QED) is 0.885. The number of fused-ring (bicyclic) bond motifs is 2. The van der Waals surface area contributed by atoms with E-state index in [1.54, 1.807) is 4.90 Å².